The van der Waals surface area contributed by atoms with Crippen molar-refractivity contribution in [3.63, 3.8) is 0 Å². The van der Waals surface area contributed by atoms with Crippen LogP contribution < -0.4 is 5.32 Å². The second-order valence-electron chi connectivity index (χ2n) is 3.50. The van der Waals surface area contributed by atoms with Gasteiger partial charge in [-0.2, -0.15) is 0 Å². The molecule has 0 saturated heterocycles. The normalized spacial score (nSPS) is 12.6. The number of hydrogen-bond acceptors (Lipinski definition) is 2. The highest BCUT2D eigenvalue weighted by atomic mass is 19.2. The summed E-state index contributed by atoms with van der Waals surface area (Å²) in [6.07, 6.45) is 0.111. The van der Waals surface area contributed by atoms with Gasteiger partial charge < -0.3 is 10.4 Å². The molecule has 1 aromatic carbocycles. The average molecular weight is 255 g/mol. The number of benzene rings is 1. The van der Waals surface area contributed by atoms with Gasteiger partial charge in [0.1, 0.15) is 5.69 Å². The van der Waals surface area contributed by atoms with E-state index in [1.54, 1.807) is 0 Å². The van der Waals surface area contributed by atoms with Crippen LogP contribution in [-0.4, -0.2) is 17.8 Å². The van der Waals surface area contributed by atoms with Gasteiger partial charge in [0, 0.05) is 12.6 Å². The number of aliphatic hydroxyl groups excluding tert-OH is 1. The van der Waals surface area contributed by atoms with Gasteiger partial charge >= 0.3 is 0 Å². The van der Waals surface area contributed by atoms with E-state index in [1.807, 2.05) is 0 Å². The summed E-state index contributed by atoms with van der Waals surface area (Å²) in [7, 11) is 0. The van der Waals surface area contributed by atoms with Gasteiger partial charge in [-0.3, -0.25) is 0 Å². The number of halogens is 5. The number of rotatable bonds is 4. The molecule has 1 unspecified atom stereocenters. The standard InChI is InChI=1S/C10H10F5NO/c1-4(2-3-17)16-10-8(14)6(12)5(11)7(13)9(10)15/h4,16-17H,2-3H2,1H3. The predicted octanol–water partition coefficient (Wildman–Crippen LogP) is 2.56. The highest BCUT2D eigenvalue weighted by Gasteiger charge is 2.26. The highest BCUT2D eigenvalue weighted by Crippen LogP contribution is 2.27. The Morgan fingerprint density at radius 1 is 0.941 bits per heavy atom. The first-order valence-corrected chi connectivity index (χ1v) is 4.79. The quantitative estimate of drug-likeness (QED) is 0.492. The zero-order valence-corrected chi connectivity index (χ0v) is 8.83. The van der Waals surface area contributed by atoms with Crippen LogP contribution in [0.2, 0.25) is 0 Å². The zero-order valence-electron chi connectivity index (χ0n) is 8.83. The maximum Gasteiger partial charge on any atom is 0.200 e. The van der Waals surface area contributed by atoms with Crippen LogP contribution in [0, 0.1) is 29.1 Å². The minimum Gasteiger partial charge on any atom is -0.396 e. The van der Waals surface area contributed by atoms with Gasteiger partial charge in [-0.05, 0) is 13.3 Å². The van der Waals surface area contributed by atoms with Crippen molar-refractivity contribution in [3.05, 3.63) is 29.1 Å². The Hall–Kier alpha value is -1.37. The minimum atomic E-state index is -2.19. The number of aliphatic hydroxyl groups is 1. The maximum atomic E-state index is 13.2. The molecule has 0 aliphatic heterocycles. The maximum absolute atomic E-state index is 13.2. The van der Waals surface area contributed by atoms with Crippen molar-refractivity contribution in [3.8, 4) is 0 Å². The Labute approximate surface area is 94.1 Å². The summed E-state index contributed by atoms with van der Waals surface area (Å²) in [6.45, 7) is 1.16. The summed E-state index contributed by atoms with van der Waals surface area (Å²) in [5.41, 5.74) is -1.08. The zero-order chi connectivity index (χ0) is 13.2. The van der Waals surface area contributed by atoms with Crippen LogP contribution in [0.1, 0.15) is 13.3 Å². The van der Waals surface area contributed by atoms with Crippen LogP contribution >= 0.6 is 0 Å². The molecule has 0 fully saturated rings. The number of anilines is 1. The third-order valence-corrected chi connectivity index (χ3v) is 2.16. The van der Waals surface area contributed by atoms with Crippen molar-refractivity contribution in [1.29, 1.82) is 0 Å². The lowest BCUT2D eigenvalue weighted by atomic mass is 10.2. The minimum absolute atomic E-state index is 0.111. The van der Waals surface area contributed by atoms with Crippen LogP contribution in [0.3, 0.4) is 0 Å². The van der Waals surface area contributed by atoms with Gasteiger partial charge in [0.05, 0.1) is 0 Å². The summed E-state index contributed by atoms with van der Waals surface area (Å²) >= 11 is 0. The van der Waals surface area contributed by atoms with Crippen molar-refractivity contribution in [1.82, 2.24) is 0 Å². The predicted molar refractivity (Wildman–Crippen MR) is 51.0 cm³/mol. The van der Waals surface area contributed by atoms with Crippen LogP contribution in [0.5, 0.6) is 0 Å². The molecule has 96 valence electrons. The van der Waals surface area contributed by atoms with Crippen molar-refractivity contribution in [2.45, 2.75) is 19.4 Å². The first-order chi connectivity index (χ1) is 7.90. The second kappa shape index (κ2) is 5.31. The number of nitrogens with one attached hydrogen (secondary N) is 1. The van der Waals surface area contributed by atoms with E-state index >= 15 is 0 Å². The van der Waals surface area contributed by atoms with Gasteiger partial charge in [0.15, 0.2) is 23.3 Å². The SMILES string of the molecule is CC(CCO)Nc1c(F)c(F)c(F)c(F)c1F. The summed E-state index contributed by atoms with van der Waals surface area (Å²) in [5, 5.41) is 10.7. The van der Waals surface area contributed by atoms with Gasteiger partial charge in [-0.15, -0.1) is 0 Å². The van der Waals surface area contributed by atoms with E-state index in [4.69, 9.17) is 5.11 Å². The van der Waals surface area contributed by atoms with E-state index in [9.17, 15) is 22.0 Å². The molecule has 1 aromatic rings. The molecule has 2 N–H and O–H groups in total. The fraction of sp³-hybridized carbons (Fsp3) is 0.400. The first kappa shape index (κ1) is 13.7. The van der Waals surface area contributed by atoms with E-state index in [0.29, 0.717) is 0 Å². The molecule has 0 saturated carbocycles. The molecule has 0 heterocycles. The van der Waals surface area contributed by atoms with E-state index in [0.717, 1.165) is 0 Å². The van der Waals surface area contributed by atoms with Crippen LogP contribution in [0.4, 0.5) is 27.6 Å². The highest BCUT2D eigenvalue weighted by molar-refractivity contribution is 5.48. The third-order valence-electron chi connectivity index (χ3n) is 2.16. The molecule has 0 radical (unpaired) electrons. The van der Waals surface area contributed by atoms with Crippen LogP contribution in [-0.2, 0) is 0 Å². The monoisotopic (exact) mass is 255 g/mol. The molecule has 0 aromatic heterocycles. The van der Waals surface area contributed by atoms with Crippen molar-refractivity contribution in [2.24, 2.45) is 0 Å². The molecule has 0 spiro atoms. The summed E-state index contributed by atoms with van der Waals surface area (Å²) in [4.78, 5) is 0. The molecule has 0 amide bonds. The Balaban J connectivity index is 3.16. The average Bonchev–Trinajstić information content (AvgIpc) is 2.30. The molecule has 1 rings (SSSR count). The largest absolute Gasteiger partial charge is 0.396 e. The lowest BCUT2D eigenvalue weighted by Gasteiger charge is -2.16. The molecular weight excluding hydrogens is 245 g/mol. The van der Waals surface area contributed by atoms with E-state index in [-0.39, 0.29) is 13.0 Å². The Morgan fingerprint density at radius 2 is 1.35 bits per heavy atom. The van der Waals surface area contributed by atoms with Crippen LogP contribution in [0.25, 0.3) is 0 Å². The van der Waals surface area contributed by atoms with Crippen molar-refractivity contribution < 1.29 is 27.1 Å². The molecule has 17 heavy (non-hydrogen) atoms. The molecular formula is C10H10F5NO. The van der Waals surface area contributed by atoms with Gasteiger partial charge in [0.25, 0.3) is 0 Å². The molecule has 0 aliphatic rings. The summed E-state index contributed by atoms with van der Waals surface area (Å²) < 4.78 is 64.6. The van der Waals surface area contributed by atoms with Crippen molar-refractivity contribution >= 4 is 5.69 Å². The second-order valence-corrected chi connectivity index (χ2v) is 3.50. The Morgan fingerprint density at radius 3 is 1.76 bits per heavy atom. The molecule has 7 heteroatoms. The smallest absolute Gasteiger partial charge is 0.200 e. The molecule has 2 nitrogen and oxygen atoms in total. The van der Waals surface area contributed by atoms with E-state index < -0.39 is 40.8 Å². The molecule has 1 atom stereocenters. The third kappa shape index (κ3) is 2.66. The lowest BCUT2D eigenvalue weighted by Crippen LogP contribution is -2.20. The number of hydrogen-bond donors (Lipinski definition) is 2. The fourth-order valence-electron chi connectivity index (χ4n) is 1.24. The molecule has 0 bridgehead atoms. The lowest BCUT2D eigenvalue weighted by molar-refractivity contribution is 0.281. The van der Waals surface area contributed by atoms with Gasteiger partial charge in [0.2, 0.25) is 5.82 Å². The van der Waals surface area contributed by atoms with E-state index in [1.165, 1.54) is 6.92 Å². The summed E-state index contributed by atoms with van der Waals surface area (Å²) in [5.74, 6) is -10.0. The van der Waals surface area contributed by atoms with Gasteiger partial charge in [-0.1, -0.05) is 0 Å². The molecule has 0 aliphatic carbocycles. The Bertz CT molecular complexity index is 395. The van der Waals surface area contributed by atoms with Crippen LogP contribution in [0.15, 0.2) is 0 Å². The fourth-order valence-corrected chi connectivity index (χ4v) is 1.24. The van der Waals surface area contributed by atoms with Gasteiger partial charge in [-0.25, -0.2) is 22.0 Å². The topological polar surface area (TPSA) is 32.3 Å². The Kier molecular flexibility index (Phi) is 4.28. The first-order valence-electron chi connectivity index (χ1n) is 4.79. The van der Waals surface area contributed by atoms with Crippen molar-refractivity contribution in [2.75, 3.05) is 11.9 Å². The summed E-state index contributed by atoms with van der Waals surface area (Å²) in [6, 6.07) is -0.631. The van der Waals surface area contributed by atoms with E-state index in [2.05, 4.69) is 5.32 Å².